The normalized spacial score (nSPS) is 52.1. The summed E-state index contributed by atoms with van der Waals surface area (Å²) in [6, 6.07) is 0. The molecule has 4 rings (SSSR count). The van der Waals surface area contributed by atoms with Crippen molar-refractivity contribution in [3.8, 4) is 0 Å². The van der Waals surface area contributed by atoms with Crippen LogP contribution >= 0.6 is 0 Å². The van der Waals surface area contributed by atoms with E-state index in [2.05, 4.69) is 27.7 Å². The quantitative estimate of drug-likeness (QED) is 0.709. The standard InChI is InChI=1S/C24H40O2/c1-5-6-15(2)19-9-10-20-18-8-7-16-13-17(25)11-12-23(16,3)22(18)21(26)14-24(19,20)4/h15-20,22,25H,5-14H2,1-4H3/t15-,16-,17-,18?,19?,20?,22?,23+,24-/m1/s1. The van der Waals surface area contributed by atoms with Gasteiger partial charge in [-0.1, -0.05) is 40.5 Å². The van der Waals surface area contributed by atoms with E-state index in [0.29, 0.717) is 17.6 Å². The van der Waals surface area contributed by atoms with Crippen LogP contribution in [-0.2, 0) is 4.79 Å². The molecule has 9 atom stereocenters. The highest BCUT2D eigenvalue weighted by Gasteiger charge is 2.63. The highest BCUT2D eigenvalue weighted by atomic mass is 16.3. The topological polar surface area (TPSA) is 37.3 Å². The zero-order valence-electron chi connectivity index (χ0n) is 17.5. The van der Waals surface area contributed by atoms with Crippen molar-refractivity contribution >= 4 is 5.78 Å². The summed E-state index contributed by atoms with van der Waals surface area (Å²) in [5.74, 6) is 4.33. The second-order valence-electron chi connectivity index (χ2n) is 11.1. The van der Waals surface area contributed by atoms with E-state index in [1.807, 2.05) is 0 Å². The maximum atomic E-state index is 13.6. The average Bonchev–Trinajstić information content (AvgIpc) is 2.92. The van der Waals surface area contributed by atoms with Crippen LogP contribution in [0.5, 0.6) is 0 Å². The Morgan fingerprint density at radius 1 is 1.12 bits per heavy atom. The Morgan fingerprint density at radius 2 is 1.88 bits per heavy atom. The Bertz CT molecular complexity index is 556. The maximum absolute atomic E-state index is 13.6. The van der Waals surface area contributed by atoms with Gasteiger partial charge in [0.1, 0.15) is 5.78 Å². The number of hydrogen-bond donors (Lipinski definition) is 1. The summed E-state index contributed by atoms with van der Waals surface area (Å²) >= 11 is 0. The van der Waals surface area contributed by atoms with Crippen molar-refractivity contribution in [2.24, 2.45) is 46.3 Å². The lowest BCUT2D eigenvalue weighted by Gasteiger charge is -2.60. The number of carbonyl (C=O) groups excluding carboxylic acids is 1. The van der Waals surface area contributed by atoms with Crippen LogP contribution in [0.4, 0.5) is 0 Å². The summed E-state index contributed by atoms with van der Waals surface area (Å²) < 4.78 is 0. The van der Waals surface area contributed by atoms with Gasteiger partial charge in [0.25, 0.3) is 0 Å². The van der Waals surface area contributed by atoms with Crippen molar-refractivity contribution < 1.29 is 9.90 Å². The monoisotopic (exact) mass is 360 g/mol. The molecule has 0 spiro atoms. The predicted octanol–water partition coefficient (Wildman–Crippen LogP) is 5.62. The van der Waals surface area contributed by atoms with Crippen LogP contribution in [0.3, 0.4) is 0 Å². The molecule has 0 aromatic carbocycles. The van der Waals surface area contributed by atoms with Gasteiger partial charge in [-0.3, -0.25) is 4.79 Å². The number of hydrogen-bond acceptors (Lipinski definition) is 2. The Labute approximate surface area is 160 Å². The predicted molar refractivity (Wildman–Crippen MR) is 106 cm³/mol. The Hall–Kier alpha value is -0.370. The minimum absolute atomic E-state index is 0.126. The highest BCUT2D eigenvalue weighted by molar-refractivity contribution is 5.84. The van der Waals surface area contributed by atoms with Crippen LogP contribution < -0.4 is 0 Å². The highest BCUT2D eigenvalue weighted by Crippen LogP contribution is 2.67. The SMILES string of the molecule is CCC[C@@H](C)C1CCC2C3CC[C@@H]4C[C@H](O)CC[C@]4(C)C3C(=O)C[C@@]21C. The summed E-state index contributed by atoms with van der Waals surface area (Å²) in [5, 5.41) is 10.2. The average molecular weight is 361 g/mol. The van der Waals surface area contributed by atoms with E-state index in [-0.39, 0.29) is 22.9 Å². The lowest BCUT2D eigenvalue weighted by molar-refractivity contribution is -0.162. The molecule has 4 aliphatic rings. The molecule has 0 aromatic heterocycles. The van der Waals surface area contributed by atoms with Crippen molar-refractivity contribution in [1.29, 1.82) is 0 Å². The second kappa shape index (κ2) is 6.61. The van der Waals surface area contributed by atoms with E-state index in [4.69, 9.17) is 0 Å². The molecular formula is C24H40O2. The molecule has 0 amide bonds. The molecule has 1 N–H and O–H groups in total. The zero-order valence-corrected chi connectivity index (χ0v) is 17.5. The van der Waals surface area contributed by atoms with Crippen molar-refractivity contribution in [2.75, 3.05) is 0 Å². The molecule has 2 nitrogen and oxygen atoms in total. The molecule has 4 unspecified atom stereocenters. The Balaban J connectivity index is 1.62. The van der Waals surface area contributed by atoms with E-state index in [0.717, 1.165) is 43.4 Å². The molecule has 0 bridgehead atoms. The van der Waals surface area contributed by atoms with Crippen LogP contribution in [0.25, 0.3) is 0 Å². The van der Waals surface area contributed by atoms with E-state index >= 15 is 0 Å². The number of ketones is 1. The first kappa shape index (κ1) is 19.0. The smallest absolute Gasteiger partial charge is 0.137 e. The van der Waals surface area contributed by atoms with Crippen molar-refractivity contribution in [2.45, 2.75) is 98.0 Å². The summed E-state index contributed by atoms with van der Waals surface area (Å²) in [4.78, 5) is 13.6. The van der Waals surface area contributed by atoms with Crippen molar-refractivity contribution in [1.82, 2.24) is 0 Å². The van der Waals surface area contributed by atoms with E-state index < -0.39 is 0 Å². The Kier molecular flexibility index (Phi) is 4.82. The third kappa shape index (κ3) is 2.65. The fourth-order valence-electron chi connectivity index (χ4n) is 8.68. The molecular weight excluding hydrogens is 320 g/mol. The Morgan fingerprint density at radius 3 is 2.62 bits per heavy atom. The van der Waals surface area contributed by atoms with Crippen LogP contribution in [0.15, 0.2) is 0 Å². The molecule has 0 saturated heterocycles. The minimum atomic E-state index is -0.126. The summed E-state index contributed by atoms with van der Waals surface area (Å²) in [6.07, 6.45) is 11.4. The fraction of sp³-hybridized carbons (Fsp3) is 0.958. The van der Waals surface area contributed by atoms with Gasteiger partial charge in [0.05, 0.1) is 6.10 Å². The van der Waals surface area contributed by atoms with Gasteiger partial charge in [0.2, 0.25) is 0 Å². The minimum Gasteiger partial charge on any atom is -0.393 e. The number of rotatable bonds is 3. The van der Waals surface area contributed by atoms with Crippen LogP contribution in [0, 0.1) is 46.3 Å². The van der Waals surface area contributed by atoms with Crippen LogP contribution in [0.1, 0.15) is 91.9 Å². The van der Waals surface area contributed by atoms with Crippen molar-refractivity contribution in [3.05, 3.63) is 0 Å². The third-order valence-electron chi connectivity index (χ3n) is 9.83. The number of fused-ring (bicyclic) bond motifs is 5. The summed E-state index contributed by atoms with van der Waals surface area (Å²) in [6.45, 7) is 9.63. The first-order valence-electron chi connectivity index (χ1n) is 11.5. The van der Waals surface area contributed by atoms with E-state index in [1.54, 1.807) is 0 Å². The first-order valence-corrected chi connectivity index (χ1v) is 11.5. The number of aliphatic hydroxyl groups excluding tert-OH is 1. The molecule has 4 fully saturated rings. The lowest BCUT2D eigenvalue weighted by Crippen LogP contribution is -2.57. The molecule has 4 saturated carbocycles. The summed E-state index contributed by atoms with van der Waals surface area (Å²) in [7, 11) is 0. The molecule has 0 aromatic rings. The third-order valence-corrected chi connectivity index (χ3v) is 9.83. The van der Waals surface area contributed by atoms with E-state index in [9.17, 15) is 9.90 Å². The zero-order chi connectivity index (χ0) is 18.7. The van der Waals surface area contributed by atoms with Gasteiger partial charge in [0, 0.05) is 12.3 Å². The molecule has 26 heavy (non-hydrogen) atoms. The van der Waals surface area contributed by atoms with Crippen LogP contribution in [-0.4, -0.2) is 17.0 Å². The number of carbonyl (C=O) groups is 1. The molecule has 4 aliphatic carbocycles. The van der Waals surface area contributed by atoms with Gasteiger partial charge < -0.3 is 5.11 Å². The van der Waals surface area contributed by atoms with Gasteiger partial charge in [0.15, 0.2) is 0 Å². The maximum Gasteiger partial charge on any atom is 0.137 e. The molecule has 2 heteroatoms. The molecule has 148 valence electrons. The van der Waals surface area contributed by atoms with E-state index in [1.165, 1.54) is 38.5 Å². The molecule has 0 heterocycles. The molecule has 0 radical (unpaired) electrons. The van der Waals surface area contributed by atoms with Crippen molar-refractivity contribution in [3.63, 3.8) is 0 Å². The largest absolute Gasteiger partial charge is 0.393 e. The van der Waals surface area contributed by atoms with Gasteiger partial charge >= 0.3 is 0 Å². The van der Waals surface area contributed by atoms with Crippen LogP contribution in [0.2, 0.25) is 0 Å². The van der Waals surface area contributed by atoms with Gasteiger partial charge in [-0.15, -0.1) is 0 Å². The fourth-order valence-corrected chi connectivity index (χ4v) is 8.68. The van der Waals surface area contributed by atoms with Gasteiger partial charge in [-0.2, -0.15) is 0 Å². The number of aliphatic hydroxyl groups is 1. The lowest BCUT2D eigenvalue weighted by atomic mass is 9.44. The number of Topliss-reactive ketones (excluding diaryl/α,β-unsaturated/α-hetero) is 1. The molecule has 0 aliphatic heterocycles. The van der Waals surface area contributed by atoms with Gasteiger partial charge in [-0.05, 0) is 85.4 Å². The first-order chi connectivity index (χ1) is 12.3. The van der Waals surface area contributed by atoms with Gasteiger partial charge in [-0.25, -0.2) is 0 Å². The summed E-state index contributed by atoms with van der Waals surface area (Å²) in [5.41, 5.74) is 0.415. The second-order valence-corrected chi connectivity index (χ2v) is 11.1.